The molecular formula is C15H21NO2. The molecule has 1 fully saturated rings. The highest BCUT2D eigenvalue weighted by atomic mass is 16.5. The fraction of sp³-hybridized carbons (Fsp3) is 0.533. The SMILES string of the molecule is NCc1ccc(CC(=O)OC2CCCCC2)cc1. The van der Waals surface area contributed by atoms with Crippen LogP contribution in [0, 0.1) is 0 Å². The normalized spacial score (nSPS) is 16.5. The first-order valence-electron chi connectivity index (χ1n) is 6.75. The lowest BCUT2D eigenvalue weighted by Gasteiger charge is -2.21. The number of hydrogen-bond acceptors (Lipinski definition) is 3. The van der Waals surface area contributed by atoms with E-state index < -0.39 is 0 Å². The van der Waals surface area contributed by atoms with E-state index >= 15 is 0 Å². The molecule has 0 bridgehead atoms. The van der Waals surface area contributed by atoms with Crippen LogP contribution < -0.4 is 5.73 Å². The third kappa shape index (κ3) is 3.84. The topological polar surface area (TPSA) is 52.3 Å². The minimum Gasteiger partial charge on any atom is -0.462 e. The third-order valence-electron chi connectivity index (χ3n) is 3.46. The van der Waals surface area contributed by atoms with Crippen molar-refractivity contribution in [3.63, 3.8) is 0 Å². The van der Waals surface area contributed by atoms with Crippen molar-refractivity contribution in [1.29, 1.82) is 0 Å². The number of carbonyl (C=O) groups is 1. The van der Waals surface area contributed by atoms with Crippen LogP contribution in [0.15, 0.2) is 24.3 Å². The molecule has 0 aliphatic heterocycles. The van der Waals surface area contributed by atoms with E-state index in [-0.39, 0.29) is 12.1 Å². The van der Waals surface area contributed by atoms with Crippen LogP contribution in [0.5, 0.6) is 0 Å². The van der Waals surface area contributed by atoms with E-state index in [9.17, 15) is 4.79 Å². The van der Waals surface area contributed by atoms with E-state index in [0.29, 0.717) is 13.0 Å². The molecule has 98 valence electrons. The van der Waals surface area contributed by atoms with Gasteiger partial charge in [0.1, 0.15) is 6.10 Å². The monoisotopic (exact) mass is 247 g/mol. The van der Waals surface area contributed by atoms with E-state index in [4.69, 9.17) is 10.5 Å². The first-order valence-corrected chi connectivity index (χ1v) is 6.75. The zero-order chi connectivity index (χ0) is 12.8. The van der Waals surface area contributed by atoms with Gasteiger partial charge in [0.2, 0.25) is 0 Å². The molecule has 18 heavy (non-hydrogen) atoms. The first kappa shape index (κ1) is 13.1. The smallest absolute Gasteiger partial charge is 0.310 e. The van der Waals surface area contributed by atoms with Gasteiger partial charge in [-0.1, -0.05) is 30.7 Å². The van der Waals surface area contributed by atoms with Crippen LogP contribution in [0.3, 0.4) is 0 Å². The average Bonchev–Trinajstić information content (AvgIpc) is 2.40. The maximum Gasteiger partial charge on any atom is 0.310 e. The van der Waals surface area contributed by atoms with Crippen molar-refractivity contribution >= 4 is 5.97 Å². The van der Waals surface area contributed by atoms with Crippen molar-refractivity contribution in [3.05, 3.63) is 35.4 Å². The third-order valence-corrected chi connectivity index (χ3v) is 3.46. The fourth-order valence-corrected chi connectivity index (χ4v) is 2.37. The molecule has 0 heterocycles. The van der Waals surface area contributed by atoms with Gasteiger partial charge < -0.3 is 10.5 Å². The summed E-state index contributed by atoms with van der Waals surface area (Å²) in [6.45, 7) is 0.535. The van der Waals surface area contributed by atoms with Crippen LogP contribution in [0.1, 0.15) is 43.2 Å². The molecule has 2 N–H and O–H groups in total. The summed E-state index contributed by atoms with van der Waals surface area (Å²) in [6.07, 6.45) is 6.20. The quantitative estimate of drug-likeness (QED) is 0.832. The number of carbonyl (C=O) groups excluding carboxylic acids is 1. The Morgan fingerprint density at radius 2 is 1.72 bits per heavy atom. The van der Waals surface area contributed by atoms with Gasteiger partial charge in [0.25, 0.3) is 0 Å². The number of nitrogens with two attached hydrogens (primary N) is 1. The molecule has 1 aromatic carbocycles. The van der Waals surface area contributed by atoms with Crippen molar-refractivity contribution in [2.75, 3.05) is 0 Å². The molecule has 0 unspecified atom stereocenters. The zero-order valence-corrected chi connectivity index (χ0v) is 10.7. The summed E-state index contributed by atoms with van der Waals surface area (Å²) < 4.78 is 5.49. The molecule has 0 spiro atoms. The number of rotatable bonds is 4. The van der Waals surface area contributed by atoms with Crippen LogP contribution >= 0.6 is 0 Å². The number of esters is 1. The molecule has 1 saturated carbocycles. The Morgan fingerprint density at radius 1 is 1.11 bits per heavy atom. The van der Waals surface area contributed by atoms with Gasteiger partial charge in [0.15, 0.2) is 0 Å². The summed E-state index contributed by atoms with van der Waals surface area (Å²) in [4.78, 5) is 11.8. The molecule has 0 amide bonds. The second-order valence-electron chi connectivity index (χ2n) is 4.95. The Bertz CT molecular complexity index is 380. The van der Waals surface area contributed by atoms with Crippen molar-refractivity contribution in [2.45, 2.75) is 51.2 Å². The van der Waals surface area contributed by atoms with Crippen LogP contribution in [-0.2, 0) is 22.5 Å². The molecule has 0 aromatic heterocycles. The van der Waals surface area contributed by atoms with Gasteiger partial charge in [0.05, 0.1) is 6.42 Å². The van der Waals surface area contributed by atoms with Gasteiger partial charge in [-0.25, -0.2) is 0 Å². The molecular weight excluding hydrogens is 226 g/mol. The van der Waals surface area contributed by atoms with Crippen LogP contribution in [0.4, 0.5) is 0 Å². The lowest BCUT2D eigenvalue weighted by atomic mass is 9.98. The minimum atomic E-state index is -0.109. The summed E-state index contributed by atoms with van der Waals surface area (Å²) in [5.41, 5.74) is 7.61. The molecule has 0 saturated heterocycles. The van der Waals surface area contributed by atoms with Gasteiger partial charge in [-0.3, -0.25) is 4.79 Å². The van der Waals surface area contributed by atoms with Gasteiger partial charge in [-0.05, 0) is 36.8 Å². The Hall–Kier alpha value is -1.35. The summed E-state index contributed by atoms with van der Waals surface area (Å²) in [5, 5.41) is 0. The maximum absolute atomic E-state index is 11.8. The Labute approximate surface area is 108 Å². The Morgan fingerprint density at radius 3 is 2.33 bits per heavy atom. The van der Waals surface area contributed by atoms with Crippen LogP contribution in [0.2, 0.25) is 0 Å². The molecule has 1 aliphatic carbocycles. The standard InChI is InChI=1S/C15H21NO2/c16-11-13-8-6-12(7-9-13)10-15(17)18-14-4-2-1-3-5-14/h6-9,14H,1-5,10-11,16H2. The van der Waals surface area contributed by atoms with Crippen LogP contribution in [-0.4, -0.2) is 12.1 Å². The number of benzene rings is 1. The van der Waals surface area contributed by atoms with Crippen molar-refractivity contribution < 1.29 is 9.53 Å². The summed E-state index contributed by atoms with van der Waals surface area (Å²) in [6, 6.07) is 7.82. The number of hydrogen-bond donors (Lipinski definition) is 1. The minimum absolute atomic E-state index is 0.109. The molecule has 0 radical (unpaired) electrons. The van der Waals surface area contributed by atoms with Gasteiger partial charge in [-0.2, -0.15) is 0 Å². The van der Waals surface area contributed by atoms with Crippen LogP contribution in [0.25, 0.3) is 0 Å². The zero-order valence-electron chi connectivity index (χ0n) is 10.7. The van der Waals surface area contributed by atoms with E-state index in [1.54, 1.807) is 0 Å². The Balaban J connectivity index is 1.82. The predicted octanol–water partition coefficient (Wildman–Crippen LogP) is 2.56. The Kier molecular flexibility index (Phi) is 4.76. The predicted molar refractivity (Wildman–Crippen MR) is 71.0 cm³/mol. The summed E-state index contributed by atoms with van der Waals surface area (Å²) >= 11 is 0. The lowest BCUT2D eigenvalue weighted by Crippen LogP contribution is -2.21. The van der Waals surface area contributed by atoms with E-state index in [1.807, 2.05) is 24.3 Å². The molecule has 3 nitrogen and oxygen atoms in total. The van der Waals surface area contributed by atoms with E-state index in [0.717, 1.165) is 24.0 Å². The largest absolute Gasteiger partial charge is 0.462 e. The second-order valence-corrected chi connectivity index (χ2v) is 4.95. The maximum atomic E-state index is 11.8. The highest BCUT2D eigenvalue weighted by Crippen LogP contribution is 2.20. The van der Waals surface area contributed by atoms with Crippen molar-refractivity contribution in [1.82, 2.24) is 0 Å². The van der Waals surface area contributed by atoms with E-state index in [2.05, 4.69) is 0 Å². The van der Waals surface area contributed by atoms with Gasteiger partial charge >= 0.3 is 5.97 Å². The molecule has 0 atom stereocenters. The second kappa shape index (κ2) is 6.55. The fourth-order valence-electron chi connectivity index (χ4n) is 2.37. The number of ether oxygens (including phenoxy) is 1. The first-order chi connectivity index (χ1) is 8.78. The van der Waals surface area contributed by atoms with Gasteiger partial charge in [-0.15, -0.1) is 0 Å². The van der Waals surface area contributed by atoms with Crippen molar-refractivity contribution in [3.8, 4) is 0 Å². The molecule has 3 heteroatoms. The summed E-state index contributed by atoms with van der Waals surface area (Å²) in [7, 11) is 0. The molecule has 1 aromatic rings. The molecule has 1 aliphatic rings. The highest BCUT2D eigenvalue weighted by Gasteiger charge is 2.17. The van der Waals surface area contributed by atoms with Crippen molar-refractivity contribution in [2.24, 2.45) is 5.73 Å². The lowest BCUT2D eigenvalue weighted by molar-refractivity contribution is -0.149. The van der Waals surface area contributed by atoms with E-state index in [1.165, 1.54) is 19.3 Å². The highest BCUT2D eigenvalue weighted by molar-refractivity contribution is 5.72. The summed E-state index contributed by atoms with van der Waals surface area (Å²) in [5.74, 6) is -0.109. The molecule has 2 rings (SSSR count). The van der Waals surface area contributed by atoms with Gasteiger partial charge in [0, 0.05) is 6.54 Å². The average molecular weight is 247 g/mol.